The lowest BCUT2D eigenvalue weighted by atomic mass is 10.1. The van der Waals surface area contributed by atoms with Gasteiger partial charge in [-0.15, -0.1) is 11.3 Å². The molecule has 1 aliphatic rings. The molecule has 21 heavy (non-hydrogen) atoms. The van der Waals surface area contributed by atoms with Crippen molar-refractivity contribution in [1.82, 2.24) is 5.32 Å². The van der Waals surface area contributed by atoms with Crippen LogP contribution in [0.4, 0.5) is 0 Å². The molecule has 0 unspecified atom stereocenters. The highest BCUT2D eigenvalue weighted by Crippen LogP contribution is 2.46. The van der Waals surface area contributed by atoms with Crippen molar-refractivity contribution in [3.63, 3.8) is 0 Å². The first-order chi connectivity index (χ1) is 9.94. The third kappa shape index (κ3) is 2.40. The first-order valence-electron chi connectivity index (χ1n) is 6.63. The number of nitrogens with one attached hydrogen (secondary N) is 1. The molecule has 0 spiro atoms. The summed E-state index contributed by atoms with van der Waals surface area (Å²) in [6.45, 7) is 2.34. The molecule has 0 bridgehead atoms. The average Bonchev–Trinajstić information content (AvgIpc) is 3.20. The van der Waals surface area contributed by atoms with Gasteiger partial charge in [0.1, 0.15) is 5.41 Å². The molecule has 0 saturated heterocycles. The van der Waals surface area contributed by atoms with Gasteiger partial charge in [-0.3, -0.25) is 9.59 Å². The number of halogens is 1. The molecule has 1 aliphatic carbocycles. The molecule has 1 saturated carbocycles. The maximum atomic E-state index is 12.0. The Labute approximate surface area is 130 Å². The van der Waals surface area contributed by atoms with Crippen LogP contribution in [0.2, 0.25) is 5.02 Å². The predicted octanol–water partition coefficient (Wildman–Crippen LogP) is 3.34. The molecule has 2 aromatic rings. The van der Waals surface area contributed by atoms with Gasteiger partial charge in [-0.2, -0.15) is 0 Å². The molecule has 4 nitrogen and oxygen atoms in total. The number of benzene rings is 1. The van der Waals surface area contributed by atoms with E-state index in [-0.39, 0.29) is 5.91 Å². The van der Waals surface area contributed by atoms with Gasteiger partial charge in [0, 0.05) is 14.6 Å². The van der Waals surface area contributed by atoms with E-state index in [1.54, 1.807) is 11.3 Å². The molecule has 1 fully saturated rings. The summed E-state index contributed by atoms with van der Waals surface area (Å²) in [5.41, 5.74) is -0.105. The molecular weight excluding hydrogens is 310 g/mol. The number of aryl methyl sites for hydroxylation is 1. The average molecular weight is 324 g/mol. The summed E-state index contributed by atoms with van der Waals surface area (Å²) in [5.74, 6) is -1.41. The summed E-state index contributed by atoms with van der Waals surface area (Å²) >= 11 is 7.59. The Morgan fingerprint density at radius 3 is 2.76 bits per heavy atom. The summed E-state index contributed by atoms with van der Waals surface area (Å²) in [7, 11) is 0. The lowest BCUT2D eigenvalue weighted by molar-refractivity contribution is -0.149. The van der Waals surface area contributed by atoms with Crippen molar-refractivity contribution in [2.75, 3.05) is 0 Å². The zero-order valence-corrected chi connectivity index (χ0v) is 13.0. The Balaban J connectivity index is 1.78. The van der Waals surface area contributed by atoms with Gasteiger partial charge in [0.05, 0.1) is 6.54 Å². The van der Waals surface area contributed by atoms with Crippen LogP contribution < -0.4 is 5.32 Å². The number of fused-ring (bicyclic) bond motifs is 1. The molecule has 0 aliphatic heterocycles. The van der Waals surface area contributed by atoms with Gasteiger partial charge in [0.15, 0.2) is 0 Å². The van der Waals surface area contributed by atoms with Crippen LogP contribution in [0, 0.1) is 12.3 Å². The van der Waals surface area contributed by atoms with Crippen LogP contribution in [0.1, 0.15) is 23.3 Å². The van der Waals surface area contributed by atoms with Gasteiger partial charge >= 0.3 is 5.97 Å². The third-order valence-corrected chi connectivity index (χ3v) is 5.51. The second kappa shape index (κ2) is 5.00. The van der Waals surface area contributed by atoms with Crippen molar-refractivity contribution in [1.29, 1.82) is 0 Å². The fourth-order valence-corrected chi connectivity index (χ4v) is 3.71. The van der Waals surface area contributed by atoms with Gasteiger partial charge in [0.2, 0.25) is 5.91 Å². The maximum Gasteiger partial charge on any atom is 0.319 e. The van der Waals surface area contributed by atoms with Crippen LogP contribution in [0.5, 0.6) is 0 Å². The van der Waals surface area contributed by atoms with Crippen LogP contribution in [0.25, 0.3) is 10.1 Å². The normalized spacial score (nSPS) is 15.9. The quantitative estimate of drug-likeness (QED) is 0.848. The predicted molar refractivity (Wildman–Crippen MR) is 82.7 cm³/mol. The summed E-state index contributed by atoms with van der Waals surface area (Å²) < 4.78 is 1.11. The highest BCUT2D eigenvalue weighted by molar-refractivity contribution is 7.19. The lowest BCUT2D eigenvalue weighted by Crippen LogP contribution is -2.36. The minimum absolute atomic E-state index is 0.358. The summed E-state index contributed by atoms with van der Waals surface area (Å²) in [6.07, 6.45) is 0.852. The number of rotatable bonds is 4. The number of thiophene rings is 1. The van der Waals surface area contributed by atoms with Crippen LogP contribution in [-0.4, -0.2) is 17.0 Å². The van der Waals surface area contributed by atoms with Crippen molar-refractivity contribution in [2.24, 2.45) is 5.41 Å². The van der Waals surface area contributed by atoms with Gasteiger partial charge in [-0.1, -0.05) is 11.6 Å². The Hall–Kier alpha value is -1.59. The standard InChI is InChI=1S/C15H14ClNO3S/c1-8-10-6-9(16)2-3-11(10)21-12(8)7-17-13(18)15(4-5-15)14(19)20/h2-3,6H,4-5,7H2,1H3,(H,17,18)(H,19,20). The molecule has 6 heteroatoms. The van der Waals surface area contributed by atoms with E-state index in [0.717, 1.165) is 20.5 Å². The highest BCUT2D eigenvalue weighted by Gasteiger charge is 2.56. The van der Waals surface area contributed by atoms with Crippen LogP contribution in [0.15, 0.2) is 18.2 Å². The second-order valence-electron chi connectivity index (χ2n) is 5.36. The Morgan fingerprint density at radius 1 is 1.43 bits per heavy atom. The monoisotopic (exact) mass is 323 g/mol. The van der Waals surface area contributed by atoms with E-state index in [9.17, 15) is 9.59 Å². The molecule has 1 amide bonds. The molecule has 0 radical (unpaired) electrons. The number of hydrogen-bond donors (Lipinski definition) is 2. The van der Waals surface area contributed by atoms with E-state index in [0.29, 0.717) is 24.4 Å². The minimum Gasteiger partial charge on any atom is -0.480 e. The number of carbonyl (C=O) groups is 2. The molecular formula is C15H14ClNO3S. The van der Waals surface area contributed by atoms with E-state index < -0.39 is 11.4 Å². The number of amides is 1. The van der Waals surface area contributed by atoms with Gasteiger partial charge < -0.3 is 10.4 Å². The number of aliphatic carboxylic acids is 1. The molecule has 1 heterocycles. The summed E-state index contributed by atoms with van der Waals surface area (Å²) in [5, 5.41) is 13.6. The fraction of sp³-hybridized carbons (Fsp3) is 0.333. The van der Waals surface area contributed by atoms with Crippen molar-refractivity contribution in [3.05, 3.63) is 33.7 Å². The Kier molecular flexibility index (Phi) is 3.42. The number of carbonyl (C=O) groups excluding carboxylic acids is 1. The summed E-state index contributed by atoms with van der Waals surface area (Å²) in [6, 6.07) is 5.71. The zero-order chi connectivity index (χ0) is 15.2. The van der Waals surface area contributed by atoms with Crippen LogP contribution in [-0.2, 0) is 16.1 Å². The molecule has 0 atom stereocenters. The SMILES string of the molecule is Cc1c(CNC(=O)C2(C(=O)O)CC2)sc2ccc(Cl)cc12. The fourth-order valence-electron chi connectivity index (χ4n) is 2.41. The van der Waals surface area contributed by atoms with E-state index >= 15 is 0 Å². The maximum absolute atomic E-state index is 12.0. The number of carboxylic acid groups (broad SMARTS) is 1. The topological polar surface area (TPSA) is 66.4 Å². The third-order valence-electron chi connectivity index (χ3n) is 4.00. The summed E-state index contributed by atoms with van der Waals surface area (Å²) in [4.78, 5) is 24.2. The second-order valence-corrected chi connectivity index (χ2v) is 6.93. The molecule has 3 rings (SSSR count). The first kappa shape index (κ1) is 14.4. The highest BCUT2D eigenvalue weighted by atomic mass is 35.5. The van der Waals surface area contributed by atoms with E-state index in [1.807, 2.05) is 25.1 Å². The van der Waals surface area contributed by atoms with Gasteiger partial charge in [-0.25, -0.2) is 0 Å². The molecule has 110 valence electrons. The largest absolute Gasteiger partial charge is 0.480 e. The molecule has 1 aromatic heterocycles. The number of hydrogen-bond acceptors (Lipinski definition) is 3. The van der Waals surface area contributed by atoms with Gasteiger partial charge in [-0.05, 0) is 48.9 Å². The van der Waals surface area contributed by atoms with Crippen LogP contribution in [0.3, 0.4) is 0 Å². The Morgan fingerprint density at radius 2 is 2.14 bits per heavy atom. The van der Waals surface area contributed by atoms with E-state index in [4.69, 9.17) is 16.7 Å². The van der Waals surface area contributed by atoms with Gasteiger partial charge in [0.25, 0.3) is 0 Å². The molecule has 2 N–H and O–H groups in total. The lowest BCUT2D eigenvalue weighted by Gasteiger charge is -2.10. The van der Waals surface area contributed by atoms with Crippen molar-refractivity contribution in [2.45, 2.75) is 26.3 Å². The smallest absolute Gasteiger partial charge is 0.319 e. The van der Waals surface area contributed by atoms with Crippen molar-refractivity contribution < 1.29 is 14.7 Å². The molecule has 1 aromatic carbocycles. The van der Waals surface area contributed by atoms with Crippen molar-refractivity contribution in [3.8, 4) is 0 Å². The van der Waals surface area contributed by atoms with E-state index in [1.165, 1.54) is 0 Å². The Bertz CT molecular complexity index is 749. The van der Waals surface area contributed by atoms with E-state index in [2.05, 4.69) is 5.32 Å². The van der Waals surface area contributed by atoms with Crippen LogP contribution >= 0.6 is 22.9 Å². The van der Waals surface area contributed by atoms with Crippen molar-refractivity contribution >= 4 is 44.9 Å². The minimum atomic E-state index is -1.19. The number of carboxylic acids is 1. The zero-order valence-electron chi connectivity index (χ0n) is 11.4. The first-order valence-corrected chi connectivity index (χ1v) is 7.83.